The van der Waals surface area contributed by atoms with Gasteiger partial charge in [0.15, 0.2) is 0 Å². The topological polar surface area (TPSA) is 66.9 Å². The summed E-state index contributed by atoms with van der Waals surface area (Å²) in [4.78, 5) is 10.8. The molecular formula is C9H14N4OS. The van der Waals surface area contributed by atoms with Gasteiger partial charge in [0.25, 0.3) is 0 Å². The second kappa shape index (κ2) is 7.05. The fraction of sp³-hybridized carbons (Fsp3) is 0.444. The van der Waals surface area contributed by atoms with Crippen molar-refractivity contribution in [3.63, 3.8) is 0 Å². The first-order valence-corrected chi connectivity index (χ1v) is 5.78. The van der Waals surface area contributed by atoms with Crippen molar-refractivity contribution in [2.24, 2.45) is 0 Å². The Morgan fingerprint density at radius 3 is 3.13 bits per heavy atom. The van der Waals surface area contributed by atoms with Crippen LogP contribution in [0.2, 0.25) is 0 Å². The quantitative estimate of drug-likeness (QED) is 0.723. The molecule has 2 amide bonds. The van der Waals surface area contributed by atoms with Gasteiger partial charge >= 0.3 is 6.03 Å². The zero-order valence-corrected chi connectivity index (χ0v) is 9.38. The summed E-state index contributed by atoms with van der Waals surface area (Å²) >= 11 is 1.71. The molecule has 0 saturated carbocycles. The zero-order chi connectivity index (χ0) is 10.9. The van der Waals surface area contributed by atoms with E-state index in [2.05, 4.69) is 20.8 Å². The number of aromatic nitrogens is 2. The molecule has 0 bridgehead atoms. The maximum Gasteiger partial charge on any atom is 0.314 e. The zero-order valence-electron chi connectivity index (χ0n) is 8.56. The van der Waals surface area contributed by atoms with Gasteiger partial charge in [-0.2, -0.15) is 22.0 Å². The van der Waals surface area contributed by atoms with Gasteiger partial charge in [-0.25, -0.2) is 4.79 Å². The van der Waals surface area contributed by atoms with Gasteiger partial charge in [0.1, 0.15) is 0 Å². The van der Waals surface area contributed by atoms with Gasteiger partial charge in [0.05, 0.1) is 5.69 Å². The van der Waals surface area contributed by atoms with E-state index in [4.69, 9.17) is 0 Å². The van der Waals surface area contributed by atoms with Crippen molar-refractivity contribution in [2.45, 2.75) is 5.75 Å². The first-order chi connectivity index (χ1) is 7.33. The highest BCUT2D eigenvalue weighted by Crippen LogP contribution is 2.07. The first kappa shape index (κ1) is 11.8. The van der Waals surface area contributed by atoms with Gasteiger partial charge in [-0.05, 0) is 12.1 Å². The highest BCUT2D eigenvalue weighted by molar-refractivity contribution is 7.98. The van der Waals surface area contributed by atoms with E-state index in [0.29, 0.717) is 6.54 Å². The molecule has 0 aliphatic heterocycles. The second-order valence-electron chi connectivity index (χ2n) is 2.77. The second-order valence-corrected chi connectivity index (χ2v) is 3.88. The van der Waals surface area contributed by atoms with Gasteiger partial charge in [0.2, 0.25) is 0 Å². The summed E-state index contributed by atoms with van der Waals surface area (Å²) in [5.74, 6) is 1.69. The van der Waals surface area contributed by atoms with Crippen LogP contribution in [-0.4, -0.2) is 35.6 Å². The maximum absolute atomic E-state index is 10.8. The van der Waals surface area contributed by atoms with E-state index in [0.717, 1.165) is 17.2 Å². The predicted molar refractivity (Wildman–Crippen MR) is 60.7 cm³/mol. The summed E-state index contributed by atoms with van der Waals surface area (Å²) in [6, 6.07) is 3.66. The molecule has 1 rings (SSSR count). The summed E-state index contributed by atoms with van der Waals surface area (Å²) in [7, 11) is 1.60. The number of hydrogen-bond donors (Lipinski definition) is 2. The molecule has 0 atom stereocenters. The molecule has 6 heteroatoms. The molecule has 1 aromatic rings. The van der Waals surface area contributed by atoms with Crippen molar-refractivity contribution in [3.05, 3.63) is 24.0 Å². The van der Waals surface area contributed by atoms with Gasteiger partial charge < -0.3 is 10.6 Å². The molecule has 1 aromatic heterocycles. The molecule has 1 heterocycles. The Morgan fingerprint density at radius 1 is 1.60 bits per heavy atom. The number of hydrogen-bond acceptors (Lipinski definition) is 4. The Labute approximate surface area is 93.0 Å². The number of thioether (sulfide) groups is 1. The van der Waals surface area contributed by atoms with E-state index in [1.807, 2.05) is 12.1 Å². The Bertz CT molecular complexity index is 293. The van der Waals surface area contributed by atoms with E-state index in [1.165, 1.54) is 0 Å². The molecule has 0 aliphatic carbocycles. The molecule has 0 radical (unpaired) electrons. The Balaban J connectivity index is 2.05. The van der Waals surface area contributed by atoms with Gasteiger partial charge in [-0.1, -0.05) is 0 Å². The number of rotatable bonds is 5. The van der Waals surface area contributed by atoms with Crippen LogP contribution in [0.25, 0.3) is 0 Å². The van der Waals surface area contributed by atoms with Crippen LogP contribution in [-0.2, 0) is 5.75 Å². The third-order valence-electron chi connectivity index (χ3n) is 1.64. The minimum absolute atomic E-state index is 0.143. The van der Waals surface area contributed by atoms with E-state index >= 15 is 0 Å². The lowest BCUT2D eigenvalue weighted by molar-refractivity contribution is 0.243. The highest BCUT2D eigenvalue weighted by atomic mass is 32.2. The summed E-state index contributed by atoms with van der Waals surface area (Å²) in [5, 5.41) is 12.9. The number of urea groups is 1. The summed E-state index contributed by atoms with van der Waals surface area (Å²) < 4.78 is 0. The molecule has 0 aliphatic rings. The predicted octanol–water partition coefficient (Wildman–Crippen LogP) is 0.639. The normalized spacial score (nSPS) is 9.67. The standard InChI is InChI=1S/C9H14N4OS/c1-10-9(14)11-5-6-15-7-8-3-2-4-12-13-8/h2-4H,5-7H2,1H3,(H2,10,11,14). The van der Waals surface area contributed by atoms with Gasteiger partial charge in [-0.3, -0.25) is 0 Å². The Kier molecular flexibility index (Phi) is 5.54. The van der Waals surface area contributed by atoms with Crippen molar-refractivity contribution >= 4 is 17.8 Å². The molecule has 0 aromatic carbocycles. The molecule has 5 nitrogen and oxygen atoms in total. The molecule has 0 fully saturated rings. The molecular weight excluding hydrogens is 212 g/mol. The van der Waals surface area contributed by atoms with Crippen LogP contribution in [0, 0.1) is 0 Å². The van der Waals surface area contributed by atoms with E-state index in [1.54, 1.807) is 25.0 Å². The van der Waals surface area contributed by atoms with E-state index < -0.39 is 0 Å². The van der Waals surface area contributed by atoms with E-state index in [9.17, 15) is 4.79 Å². The SMILES string of the molecule is CNC(=O)NCCSCc1cccnn1. The van der Waals surface area contributed by atoms with Crippen molar-refractivity contribution in [2.75, 3.05) is 19.3 Å². The molecule has 0 unspecified atom stereocenters. The number of nitrogens with zero attached hydrogens (tertiary/aromatic N) is 2. The van der Waals surface area contributed by atoms with Crippen LogP contribution in [0.5, 0.6) is 0 Å². The van der Waals surface area contributed by atoms with Crippen LogP contribution in [0.4, 0.5) is 4.79 Å². The fourth-order valence-electron chi connectivity index (χ4n) is 0.912. The number of amides is 2. The molecule has 15 heavy (non-hydrogen) atoms. The van der Waals surface area contributed by atoms with Crippen LogP contribution >= 0.6 is 11.8 Å². The molecule has 2 N–H and O–H groups in total. The third-order valence-corrected chi connectivity index (χ3v) is 2.63. The third kappa shape index (κ3) is 5.21. The van der Waals surface area contributed by atoms with Gasteiger partial charge in [-0.15, -0.1) is 0 Å². The summed E-state index contributed by atoms with van der Waals surface area (Å²) in [6.07, 6.45) is 1.65. The number of carbonyl (C=O) groups excluding carboxylic acids is 1. The minimum Gasteiger partial charge on any atom is -0.341 e. The lowest BCUT2D eigenvalue weighted by Gasteiger charge is -2.03. The van der Waals surface area contributed by atoms with Crippen LogP contribution < -0.4 is 10.6 Å². The maximum atomic E-state index is 10.8. The first-order valence-electron chi connectivity index (χ1n) is 4.63. The molecule has 0 spiro atoms. The minimum atomic E-state index is -0.143. The molecule has 82 valence electrons. The monoisotopic (exact) mass is 226 g/mol. The van der Waals surface area contributed by atoms with Crippen LogP contribution in [0.3, 0.4) is 0 Å². The Hall–Kier alpha value is -1.30. The van der Waals surface area contributed by atoms with Crippen molar-refractivity contribution in [1.29, 1.82) is 0 Å². The average Bonchev–Trinajstić information content (AvgIpc) is 2.29. The van der Waals surface area contributed by atoms with Crippen molar-refractivity contribution in [1.82, 2.24) is 20.8 Å². The summed E-state index contributed by atoms with van der Waals surface area (Å²) in [6.45, 7) is 0.657. The van der Waals surface area contributed by atoms with Crippen molar-refractivity contribution in [3.8, 4) is 0 Å². The van der Waals surface area contributed by atoms with Crippen LogP contribution in [0.15, 0.2) is 18.3 Å². The number of nitrogens with one attached hydrogen (secondary N) is 2. The highest BCUT2D eigenvalue weighted by Gasteiger charge is 1.96. The lowest BCUT2D eigenvalue weighted by atomic mass is 10.4. The average molecular weight is 226 g/mol. The molecule has 0 saturated heterocycles. The fourth-order valence-corrected chi connectivity index (χ4v) is 1.67. The lowest BCUT2D eigenvalue weighted by Crippen LogP contribution is -2.34. The van der Waals surface area contributed by atoms with Crippen molar-refractivity contribution < 1.29 is 4.79 Å². The van der Waals surface area contributed by atoms with Crippen LogP contribution in [0.1, 0.15) is 5.69 Å². The largest absolute Gasteiger partial charge is 0.341 e. The van der Waals surface area contributed by atoms with Gasteiger partial charge in [0, 0.05) is 31.3 Å². The number of carbonyl (C=O) groups is 1. The van der Waals surface area contributed by atoms with E-state index in [-0.39, 0.29) is 6.03 Å². The Morgan fingerprint density at radius 2 is 2.47 bits per heavy atom. The smallest absolute Gasteiger partial charge is 0.314 e. The summed E-state index contributed by atoms with van der Waals surface area (Å²) in [5.41, 5.74) is 0.961.